The topological polar surface area (TPSA) is 52.3 Å². The van der Waals surface area contributed by atoms with Crippen LogP contribution in [0, 0.1) is 0 Å². The van der Waals surface area contributed by atoms with Gasteiger partial charge in [0.1, 0.15) is 6.10 Å². The highest BCUT2D eigenvalue weighted by Crippen LogP contribution is 2.62. The summed E-state index contributed by atoms with van der Waals surface area (Å²) in [6, 6.07) is 22.1. The predicted molar refractivity (Wildman–Crippen MR) is 118 cm³/mol. The second-order valence-electron chi connectivity index (χ2n) is 6.93. The van der Waals surface area contributed by atoms with Gasteiger partial charge in [0.15, 0.2) is 5.78 Å². The summed E-state index contributed by atoms with van der Waals surface area (Å²) in [5.74, 6) is 0.0755. The summed E-state index contributed by atoms with van der Waals surface area (Å²) in [5, 5.41) is 4.03. The Morgan fingerprint density at radius 1 is 1.04 bits per heavy atom. The van der Waals surface area contributed by atoms with Crippen LogP contribution >= 0.6 is 21.6 Å². The van der Waals surface area contributed by atoms with Crippen molar-refractivity contribution in [1.82, 2.24) is 0 Å². The lowest BCUT2D eigenvalue weighted by molar-refractivity contribution is -0.114. The van der Waals surface area contributed by atoms with Crippen LogP contribution in [0.4, 0.5) is 0 Å². The first kappa shape index (κ1) is 19.2. The molecule has 0 saturated heterocycles. The van der Waals surface area contributed by atoms with Gasteiger partial charge in [0.2, 0.25) is 0 Å². The number of hydrogen-bond acceptors (Lipinski definition) is 4. The molecular weight excluding hydrogens is 386 g/mol. The molecule has 2 unspecified atom stereocenters. The molecule has 0 aliphatic heterocycles. The molecule has 2 aromatic carbocycles. The molecule has 0 bridgehead atoms. The van der Waals surface area contributed by atoms with E-state index in [4.69, 9.17) is 9.92 Å². The summed E-state index contributed by atoms with van der Waals surface area (Å²) in [5.41, 5.74) is 8.08. The average molecular weight is 410 g/mol. The smallest absolute Gasteiger partial charge is 0.163 e. The number of thiophene rings is 1. The molecule has 1 saturated carbocycles. The zero-order chi connectivity index (χ0) is 19.6. The van der Waals surface area contributed by atoms with E-state index in [1.54, 1.807) is 11.3 Å². The minimum atomic E-state index is -1.82. The molecule has 144 valence electrons. The molecule has 28 heavy (non-hydrogen) atoms. The van der Waals surface area contributed by atoms with Gasteiger partial charge in [-0.15, -0.1) is 0 Å². The van der Waals surface area contributed by atoms with Crippen molar-refractivity contribution >= 4 is 33.5 Å². The lowest BCUT2D eigenvalue weighted by atomic mass is 10.1. The van der Waals surface area contributed by atoms with Gasteiger partial charge in [0.05, 0.1) is 0 Å². The minimum Gasteiger partial charge on any atom is -0.325 e. The van der Waals surface area contributed by atoms with Gasteiger partial charge in [0, 0.05) is 27.8 Å². The number of ketones is 1. The van der Waals surface area contributed by atoms with E-state index >= 15 is 0 Å². The van der Waals surface area contributed by atoms with Crippen LogP contribution in [-0.4, -0.2) is 24.2 Å². The Balaban J connectivity index is 1.77. The highest BCUT2D eigenvalue weighted by molar-refractivity contribution is 8.29. The standard InChI is InChI=1S/C23H23NO2S2/c1-28(18-8-4-2-5-9-18,19-10-6-3-7-11-19)26-23-20(22(25)15-21(23)24)14-17-12-13-27-16-17/h2-14,16,21,23H,15,24H2,1H3/b20-14+. The summed E-state index contributed by atoms with van der Waals surface area (Å²) in [6.07, 6.45) is 3.97. The largest absolute Gasteiger partial charge is 0.325 e. The normalized spacial score (nSPS) is 21.9. The summed E-state index contributed by atoms with van der Waals surface area (Å²) in [6.45, 7) is 0. The monoisotopic (exact) mass is 409 g/mol. The molecule has 2 atom stereocenters. The molecule has 3 nitrogen and oxygen atoms in total. The van der Waals surface area contributed by atoms with Gasteiger partial charge >= 0.3 is 0 Å². The molecule has 0 spiro atoms. The van der Waals surface area contributed by atoms with Crippen LogP contribution in [-0.2, 0) is 8.98 Å². The Hall–Kier alpha value is -2.18. The highest BCUT2D eigenvalue weighted by Gasteiger charge is 2.41. The van der Waals surface area contributed by atoms with E-state index in [2.05, 4.69) is 30.5 Å². The Morgan fingerprint density at radius 2 is 1.64 bits per heavy atom. The van der Waals surface area contributed by atoms with Crippen LogP contribution in [0.15, 0.2) is 92.9 Å². The van der Waals surface area contributed by atoms with E-state index in [9.17, 15) is 4.79 Å². The van der Waals surface area contributed by atoms with Gasteiger partial charge in [-0.2, -0.15) is 11.3 Å². The predicted octanol–water partition coefficient (Wildman–Crippen LogP) is 5.28. The minimum absolute atomic E-state index is 0.0755. The van der Waals surface area contributed by atoms with Gasteiger partial charge in [-0.3, -0.25) is 4.79 Å². The first-order valence-corrected chi connectivity index (χ1v) is 12.1. The van der Waals surface area contributed by atoms with Crippen LogP contribution in [0.3, 0.4) is 0 Å². The fourth-order valence-corrected chi connectivity index (χ4v) is 6.59. The Bertz CT molecular complexity index is 929. The first-order valence-electron chi connectivity index (χ1n) is 9.17. The summed E-state index contributed by atoms with van der Waals surface area (Å²) < 4.78 is 6.79. The number of benzene rings is 2. The van der Waals surface area contributed by atoms with Crippen molar-refractivity contribution in [3.05, 3.63) is 88.6 Å². The maximum Gasteiger partial charge on any atom is 0.163 e. The highest BCUT2D eigenvalue weighted by atomic mass is 32.3. The number of hydrogen-bond donors (Lipinski definition) is 1. The van der Waals surface area contributed by atoms with Crippen LogP contribution in [0.25, 0.3) is 6.08 Å². The third kappa shape index (κ3) is 3.71. The third-order valence-corrected chi connectivity index (χ3v) is 8.62. The number of carbonyl (C=O) groups excluding carboxylic acids is 1. The molecule has 0 radical (unpaired) electrons. The molecule has 1 fully saturated rings. The van der Waals surface area contributed by atoms with E-state index in [0.29, 0.717) is 12.0 Å². The van der Waals surface area contributed by atoms with Crippen LogP contribution in [0.1, 0.15) is 12.0 Å². The van der Waals surface area contributed by atoms with E-state index in [1.807, 2.05) is 59.3 Å². The molecule has 2 N–H and O–H groups in total. The molecule has 1 heterocycles. The Kier molecular flexibility index (Phi) is 5.51. The number of nitrogens with two attached hydrogens (primary N) is 1. The molecule has 3 aromatic rings. The van der Waals surface area contributed by atoms with Gasteiger partial charge < -0.3 is 9.92 Å². The van der Waals surface area contributed by atoms with E-state index in [0.717, 1.165) is 15.4 Å². The van der Waals surface area contributed by atoms with E-state index in [-0.39, 0.29) is 11.8 Å². The third-order valence-electron chi connectivity index (χ3n) is 4.99. The van der Waals surface area contributed by atoms with Gasteiger partial charge in [-0.05, 0) is 59.0 Å². The molecule has 1 aliphatic rings. The molecule has 5 heteroatoms. The second kappa shape index (κ2) is 8.05. The van der Waals surface area contributed by atoms with E-state index in [1.165, 1.54) is 0 Å². The van der Waals surface area contributed by atoms with Gasteiger partial charge in [-0.1, -0.05) is 46.7 Å². The summed E-state index contributed by atoms with van der Waals surface area (Å²) in [7, 11) is -1.82. The number of carbonyl (C=O) groups is 1. The average Bonchev–Trinajstić information content (AvgIpc) is 3.33. The molecule has 1 aromatic heterocycles. The first-order chi connectivity index (χ1) is 13.6. The maximum atomic E-state index is 12.7. The zero-order valence-electron chi connectivity index (χ0n) is 15.7. The second-order valence-corrected chi connectivity index (χ2v) is 10.5. The summed E-state index contributed by atoms with van der Waals surface area (Å²) >= 11 is 1.61. The Labute approximate surface area is 171 Å². The van der Waals surface area contributed by atoms with Crippen molar-refractivity contribution in [2.24, 2.45) is 5.73 Å². The van der Waals surface area contributed by atoms with Crippen molar-refractivity contribution < 1.29 is 8.98 Å². The summed E-state index contributed by atoms with van der Waals surface area (Å²) in [4.78, 5) is 14.9. The fraction of sp³-hybridized carbons (Fsp3) is 0.174. The van der Waals surface area contributed by atoms with Crippen LogP contribution in [0.5, 0.6) is 0 Å². The molecule has 4 rings (SSSR count). The Morgan fingerprint density at radius 3 is 2.18 bits per heavy atom. The molecule has 0 amide bonds. The lowest BCUT2D eigenvalue weighted by Crippen LogP contribution is -2.33. The van der Waals surface area contributed by atoms with Crippen molar-refractivity contribution in [2.45, 2.75) is 28.4 Å². The number of Topliss-reactive ketones (excluding diaryl/α,β-unsaturated/α-hetero) is 1. The van der Waals surface area contributed by atoms with Crippen molar-refractivity contribution in [1.29, 1.82) is 0 Å². The van der Waals surface area contributed by atoms with Crippen molar-refractivity contribution in [2.75, 3.05) is 6.26 Å². The van der Waals surface area contributed by atoms with Gasteiger partial charge in [-0.25, -0.2) is 0 Å². The van der Waals surface area contributed by atoms with Crippen molar-refractivity contribution in [3.8, 4) is 0 Å². The number of rotatable bonds is 5. The maximum absolute atomic E-state index is 12.7. The van der Waals surface area contributed by atoms with E-state index < -0.39 is 16.4 Å². The SMILES string of the molecule is CS(OC1/C(=C/c2ccsc2)C(=O)CC1N)(c1ccccc1)c1ccccc1. The zero-order valence-corrected chi connectivity index (χ0v) is 17.3. The lowest BCUT2D eigenvalue weighted by Gasteiger charge is -2.39. The quantitative estimate of drug-likeness (QED) is 0.583. The fourth-order valence-electron chi connectivity index (χ4n) is 3.47. The van der Waals surface area contributed by atoms with Crippen molar-refractivity contribution in [3.63, 3.8) is 0 Å². The molecular formula is C23H23NO2S2. The molecule has 1 aliphatic carbocycles. The van der Waals surface area contributed by atoms with Crippen LogP contribution in [0.2, 0.25) is 0 Å². The van der Waals surface area contributed by atoms with Gasteiger partial charge in [0.25, 0.3) is 0 Å². The van der Waals surface area contributed by atoms with Crippen LogP contribution < -0.4 is 5.73 Å².